The Morgan fingerprint density at radius 1 is 0.800 bits per heavy atom. The molecule has 3 aromatic carbocycles. The standard InChI is InChI=1S/C26H21N3O5S/c1-18(26(31)32)23(19-11-5-2-6-12-19)28-25(30)22(17-27)24(20-13-7-3-8-14-20)29-35(33,34)21-15-9-4-10-16-21/h2-16,29H,1H3,(H,28,30)(H,31,32)/b23-18+,24-22+. The number of benzene rings is 3. The molecular weight excluding hydrogens is 466 g/mol. The molecule has 0 spiro atoms. The first-order valence-electron chi connectivity index (χ1n) is 10.3. The number of carbonyl (C=O) groups is 2. The third-order valence-electron chi connectivity index (χ3n) is 4.94. The third-order valence-corrected chi connectivity index (χ3v) is 6.30. The van der Waals surface area contributed by atoms with Crippen molar-refractivity contribution in [3.63, 3.8) is 0 Å². The maximum atomic E-state index is 13.3. The quantitative estimate of drug-likeness (QED) is 0.328. The van der Waals surface area contributed by atoms with E-state index in [1.165, 1.54) is 19.1 Å². The van der Waals surface area contributed by atoms with Crippen LogP contribution in [-0.2, 0) is 19.6 Å². The Balaban J connectivity index is 2.13. The van der Waals surface area contributed by atoms with E-state index < -0.39 is 27.5 Å². The van der Waals surface area contributed by atoms with Crippen molar-refractivity contribution in [1.29, 1.82) is 5.26 Å². The van der Waals surface area contributed by atoms with Gasteiger partial charge in [-0.1, -0.05) is 78.9 Å². The Hall–Kier alpha value is -4.68. The van der Waals surface area contributed by atoms with E-state index >= 15 is 0 Å². The van der Waals surface area contributed by atoms with Crippen molar-refractivity contribution in [1.82, 2.24) is 10.0 Å². The van der Waals surface area contributed by atoms with E-state index in [0.717, 1.165) is 0 Å². The lowest BCUT2D eigenvalue weighted by molar-refractivity contribution is -0.132. The van der Waals surface area contributed by atoms with Crippen LogP contribution in [0.3, 0.4) is 0 Å². The number of sulfonamides is 1. The van der Waals surface area contributed by atoms with Crippen molar-refractivity contribution in [2.75, 3.05) is 0 Å². The molecule has 0 atom stereocenters. The van der Waals surface area contributed by atoms with Gasteiger partial charge in [-0.05, 0) is 24.6 Å². The maximum Gasteiger partial charge on any atom is 0.333 e. The number of hydrogen-bond acceptors (Lipinski definition) is 5. The Morgan fingerprint density at radius 3 is 1.71 bits per heavy atom. The summed E-state index contributed by atoms with van der Waals surface area (Å²) in [4.78, 5) is 24.9. The number of nitriles is 1. The molecule has 35 heavy (non-hydrogen) atoms. The van der Waals surface area contributed by atoms with Crippen LogP contribution < -0.4 is 10.0 Å². The minimum Gasteiger partial charge on any atom is -0.478 e. The highest BCUT2D eigenvalue weighted by Crippen LogP contribution is 2.22. The van der Waals surface area contributed by atoms with Crippen LogP contribution in [0, 0.1) is 11.3 Å². The van der Waals surface area contributed by atoms with Crippen LogP contribution in [0.2, 0.25) is 0 Å². The number of carboxylic acid groups (broad SMARTS) is 1. The van der Waals surface area contributed by atoms with E-state index in [9.17, 15) is 28.4 Å². The van der Waals surface area contributed by atoms with Crippen LogP contribution in [0.4, 0.5) is 0 Å². The second-order valence-electron chi connectivity index (χ2n) is 7.27. The van der Waals surface area contributed by atoms with E-state index in [4.69, 9.17) is 0 Å². The van der Waals surface area contributed by atoms with Gasteiger partial charge in [0.15, 0.2) is 0 Å². The summed E-state index contributed by atoms with van der Waals surface area (Å²) in [5.74, 6) is -2.23. The topological polar surface area (TPSA) is 136 Å². The molecule has 0 aliphatic carbocycles. The van der Waals surface area contributed by atoms with Gasteiger partial charge >= 0.3 is 5.97 Å². The van der Waals surface area contributed by atoms with Gasteiger partial charge in [0.05, 0.1) is 21.9 Å². The molecular formula is C26H21N3O5S. The van der Waals surface area contributed by atoms with Crippen molar-refractivity contribution in [3.05, 3.63) is 113 Å². The molecule has 0 aromatic heterocycles. The minimum absolute atomic E-state index is 0.0193. The monoisotopic (exact) mass is 487 g/mol. The van der Waals surface area contributed by atoms with Gasteiger partial charge in [-0.3, -0.25) is 9.52 Å². The van der Waals surface area contributed by atoms with Gasteiger partial charge < -0.3 is 10.4 Å². The Kier molecular flexibility index (Phi) is 7.81. The molecule has 0 aliphatic rings. The second kappa shape index (κ2) is 11.0. The summed E-state index contributed by atoms with van der Waals surface area (Å²) in [6, 6.07) is 25.6. The van der Waals surface area contributed by atoms with Gasteiger partial charge in [-0.25, -0.2) is 13.2 Å². The molecule has 1 amide bonds. The minimum atomic E-state index is -4.15. The fourth-order valence-electron chi connectivity index (χ4n) is 3.14. The summed E-state index contributed by atoms with van der Waals surface area (Å²) in [5, 5.41) is 21.9. The summed E-state index contributed by atoms with van der Waals surface area (Å²) in [6.07, 6.45) is 0. The number of nitrogens with one attached hydrogen (secondary N) is 2. The molecule has 0 radical (unpaired) electrons. The van der Waals surface area contributed by atoms with E-state index in [1.54, 1.807) is 84.9 Å². The predicted octanol–water partition coefficient (Wildman–Crippen LogP) is 3.53. The molecule has 8 nitrogen and oxygen atoms in total. The largest absolute Gasteiger partial charge is 0.478 e. The highest BCUT2D eigenvalue weighted by atomic mass is 32.2. The summed E-state index contributed by atoms with van der Waals surface area (Å²) < 4.78 is 28.4. The molecule has 0 saturated heterocycles. The van der Waals surface area contributed by atoms with Gasteiger partial charge in [0.1, 0.15) is 11.6 Å². The van der Waals surface area contributed by atoms with Gasteiger partial charge in [0.25, 0.3) is 15.9 Å². The number of hydrogen-bond donors (Lipinski definition) is 3. The van der Waals surface area contributed by atoms with Crippen molar-refractivity contribution in [2.24, 2.45) is 0 Å². The molecule has 0 aliphatic heterocycles. The predicted molar refractivity (Wildman–Crippen MR) is 131 cm³/mol. The first-order chi connectivity index (χ1) is 16.7. The zero-order valence-corrected chi connectivity index (χ0v) is 19.4. The van der Waals surface area contributed by atoms with Gasteiger partial charge in [-0.15, -0.1) is 0 Å². The zero-order chi connectivity index (χ0) is 25.4. The highest BCUT2D eigenvalue weighted by molar-refractivity contribution is 7.89. The molecule has 0 heterocycles. The number of nitrogens with zero attached hydrogens (tertiary/aromatic N) is 1. The van der Waals surface area contributed by atoms with Crippen molar-refractivity contribution >= 4 is 33.3 Å². The number of carboxylic acids is 1. The third kappa shape index (κ3) is 6.01. The Morgan fingerprint density at radius 2 is 1.26 bits per heavy atom. The SMILES string of the molecule is C/C(C(=O)O)=C(\NC(=O)/C(C#N)=C(/NS(=O)(=O)c1ccccc1)c1ccccc1)c1ccccc1. The van der Waals surface area contributed by atoms with Crippen molar-refractivity contribution < 1.29 is 23.1 Å². The first-order valence-corrected chi connectivity index (χ1v) is 11.8. The van der Waals surface area contributed by atoms with Crippen molar-refractivity contribution in [2.45, 2.75) is 11.8 Å². The second-order valence-corrected chi connectivity index (χ2v) is 8.95. The number of amides is 1. The number of aliphatic carboxylic acids is 1. The van der Waals surface area contributed by atoms with E-state index in [1.807, 2.05) is 0 Å². The smallest absolute Gasteiger partial charge is 0.333 e. The van der Waals surface area contributed by atoms with Crippen LogP contribution in [0.1, 0.15) is 18.1 Å². The Labute approximate surface area is 202 Å². The van der Waals surface area contributed by atoms with Gasteiger partial charge in [0.2, 0.25) is 0 Å². The lowest BCUT2D eigenvalue weighted by Gasteiger charge is -2.16. The average molecular weight is 488 g/mol. The van der Waals surface area contributed by atoms with Crippen LogP contribution >= 0.6 is 0 Å². The molecule has 176 valence electrons. The number of rotatable bonds is 8. The molecule has 3 rings (SSSR count). The van der Waals surface area contributed by atoms with Gasteiger partial charge in [-0.2, -0.15) is 5.26 Å². The summed E-state index contributed by atoms with van der Waals surface area (Å²) in [6.45, 7) is 1.32. The zero-order valence-electron chi connectivity index (χ0n) is 18.6. The Bertz CT molecular complexity index is 1440. The lowest BCUT2D eigenvalue weighted by Crippen LogP contribution is -2.30. The molecule has 0 unspecified atom stereocenters. The highest BCUT2D eigenvalue weighted by Gasteiger charge is 2.24. The van der Waals surface area contributed by atoms with E-state index in [0.29, 0.717) is 5.56 Å². The number of carbonyl (C=O) groups excluding carboxylic acids is 1. The first kappa shape index (κ1) is 25.0. The maximum absolute atomic E-state index is 13.3. The fraction of sp³-hybridized carbons (Fsp3) is 0.0385. The summed E-state index contributed by atoms with van der Waals surface area (Å²) >= 11 is 0. The molecule has 3 N–H and O–H groups in total. The average Bonchev–Trinajstić information content (AvgIpc) is 2.88. The molecule has 0 saturated carbocycles. The van der Waals surface area contributed by atoms with Crippen LogP contribution in [-0.4, -0.2) is 25.4 Å². The molecule has 9 heteroatoms. The summed E-state index contributed by atoms with van der Waals surface area (Å²) in [7, 11) is -4.15. The lowest BCUT2D eigenvalue weighted by atomic mass is 10.0. The normalized spacial score (nSPS) is 12.5. The summed E-state index contributed by atoms with van der Waals surface area (Å²) in [5.41, 5.74) is -0.276. The molecule has 3 aromatic rings. The van der Waals surface area contributed by atoms with Crippen LogP contribution in [0.25, 0.3) is 11.4 Å². The van der Waals surface area contributed by atoms with Crippen molar-refractivity contribution in [3.8, 4) is 6.07 Å². The van der Waals surface area contributed by atoms with E-state index in [-0.39, 0.29) is 27.4 Å². The van der Waals surface area contributed by atoms with Gasteiger partial charge in [0, 0.05) is 5.56 Å². The van der Waals surface area contributed by atoms with E-state index in [2.05, 4.69) is 10.0 Å². The van der Waals surface area contributed by atoms with Crippen LogP contribution in [0.5, 0.6) is 0 Å². The fourth-order valence-corrected chi connectivity index (χ4v) is 4.26. The van der Waals surface area contributed by atoms with Crippen LogP contribution in [0.15, 0.2) is 107 Å². The molecule has 0 bridgehead atoms. The molecule has 0 fully saturated rings.